The summed E-state index contributed by atoms with van der Waals surface area (Å²) in [6.45, 7) is 0.802. The fourth-order valence-electron chi connectivity index (χ4n) is 0.321. The van der Waals surface area contributed by atoms with Crippen LogP contribution in [0.15, 0.2) is 12.4 Å². The molecule has 7 heavy (non-hydrogen) atoms. The first kappa shape index (κ1) is 6.59. The molecule has 0 aromatic carbocycles. The lowest BCUT2D eigenvalue weighted by Gasteiger charge is -2.07. The first-order chi connectivity index (χ1) is 3.00. The highest BCUT2D eigenvalue weighted by Crippen LogP contribution is 1.61. The van der Waals surface area contributed by atoms with Gasteiger partial charge in [0.15, 0.2) is 0 Å². The summed E-state index contributed by atoms with van der Waals surface area (Å²) in [7, 11) is 0. The maximum absolute atomic E-state index is 2.93. The molecular formula is C3H8ClN3. The number of nitrogens with one attached hydrogen (secondary N) is 3. The number of hydrogen-bond donors (Lipinski definition) is 3. The number of hydrogen-bond acceptors (Lipinski definition) is 3. The molecule has 0 aliphatic carbocycles. The molecule has 0 unspecified atom stereocenters. The van der Waals surface area contributed by atoms with Gasteiger partial charge in [-0.05, 0) is 0 Å². The van der Waals surface area contributed by atoms with Crippen molar-refractivity contribution in [2.45, 2.75) is 0 Å². The van der Waals surface area contributed by atoms with Crippen molar-refractivity contribution in [2.75, 3.05) is 6.67 Å². The summed E-state index contributed by atoms with van der Waals surface area (Å²) in [5.41, 5.74) is 5.63. The molecule has 1 aliphatic rings. The van der Waals surface area contributed by atoms with Crippen molar-refractivity contribution >= 4 is 12.4 Å². The molecule has 3 N–H and O–H groups in total. The summed E-state index contributed by atoms with van der Waals surface area (Å²) in [6, 6.07) is 0. The third-order valence-corrected chi connectivity index (χ3v) is 0.577. The Hall–Kier alpha value is -0.410. The molecule has 0 saturated heterocycles. The van der Waals surface area contributed by atoms with Gasteiger partial charge in [0.1, 0.15) is 0 Å². The van der Waals surface area contributed by atoms with E-state index in [0.29, 0.717) is 0 Å². The first-order valence-corrected chi connectivity index (χ1v) is 1.87. The Kier molecular flexibility index (Phi) is 3.55. The molecule has 42 valence electrons. The van der Waals surface area contributed by atoms with E-state index in [1.54, 1.807) is 6.20 Å². The van der Waals surface area contributed by atoms with E-state index in [-0.39, 0.29) is 12.4 Å². The van der Waals surface area contributed by atoms with E-state index in [2.05, 4.69) is 16.2 Å². The van der Waals surface area contributed by atoms with Crippen LogP contribution in [0, 0.1) is 0 Å². The van der Waals surface area contributed by atoms with Gasteiger partial charge in [0, 0.05) is 12.4 Å². The second-order valence-electron chi connectivity index (χ2n) is 1.04. The van der Waals surface area contributed by atoms with Gasteiger partial charge in [-0.3, -0.25) is 0 Å². The van der Waals surface area contributed by atoms with Gasteiger partial charge in [0.25, 0.3) is 0 Å². The van der Waals surface area contributed by atoms with Crippen molar-refractivity contribution in [2.24, 2.45) is 0 Å². The van der Waals surface area contributed by atoms with Gasteiger partial charge in [-0.1, -0.05) is 0 Å². The van der Waals surface area contributed by atoms with Gasteiger partial charge in [-0.2, -0.15) is 0 Å². The predicted molar refractivity (Wildman–Crippen MR) is 30.7 cm³/mol. The maximum Gasteiger partial charge on any atom is 0.0822 e. The molecule has 0 spiro atoms. The lowest BCUT2D eigenvalue weighted by Crippen LogP contribution is -2.38. The van der Waals surface area contributed by atoms with E-state index in [1.807, 2.05) is 6.20 Å². The molecule has 1 aliphatic heterocycles. The summed E-state index contributed by atoms with van der Waals surface area (Å²) in [5.74, 6) is 0. The maximum atomic E-state index is 2.93. The highest BCUT2D eigenvalue weighted by Gasteiger charge is 1.79. The van der Waals surface area contributed by atoms with Gasteiger partial charge < -0.3 is 10.7 Å². The second kappa shape index (κ2) is 3.77. The summed E-state index contributed by atoms with van der Waals surface area (Å²) in [5, 5.41) is 2.93. The van der Waals surface area contributed by atoms with Crippen LogP contribution in [0.5, 0.6) is 0 Å². The molecule has 0 saturated carbocycles. The van der Waals surface area contributed by atoms with Crippen LogP contribution in [0.1, 0.15) is 0 Å². The molecule has 0 aromatic heterocycles. The van der Waals surface area contributed by atoms with E-state index in [4.69, 9.17) is 0 Å². The SMILES string of the molecule is C1=CNNCN1.Cl. The van der Waals surface area contributed by atoms with Gasteiger partial charge in [0.05, 0.1) is 6.67 Å². The Morgan fingerprint density at radius 2 is 2.14 bits per heavy atom. The molecule has 0 bridgehead atoms. The Bertz CT molecular complexity index is 55.2. The van der Waals surface area contributed by atoms with Crippen LogP contribution < -0.4 is 16.2 Å². The van der Waals surface area contributed by atoms with Crippen molar-refractivity contribution < 1.29 is 0 Å². The van der Waals surface area contributed by atoms with Crippen molar-refractivity contribution in [3.63, 3.8) is 0 Å². The van der Waals surface area contributed by atoms with Crippen molar-refractivity contribution in [1.29, 1.82) is 0 Å². The first-order valence-electron chi connectivity index (χ1n) is 1.87. The molecule has 0 atom stereocenters. The van der Waals surface area contributed by atoms with Crippen molar-refractivity contribution in [3.05, 3.63) is 12.4 Å². The highest BCUT2D eigenvalue weighted by molar-refractivity contribution is 5.85. The van der Waals surface area contributed by atoms with Crippen LogP contribution in [0.3, 0.4) is 0 Å². The minimum Gasteiger partial charge on any atom is -0.376 e. The minimum atomic E-state index is 0. The van der Waals surface area contributed by atoms with E-state index < -0.39 is 0 Å². The van der Waals surface area contributed by atoms with Crippen LogP contribution in [-0.2, 0) is 0 Å². The highest BCUT2D eigenvalue weighted by atomic mass is 35.5. The van der Waals surface area contributed by atoms with Crippen LogP contribution in [0.2, 0.25) is 0 Å². The predicted octanol–water partition coefficient (Wildman–Crippen LogP) is -0.466. The zero-order valence-electron chi connectivity index (χ0n) is 3.77. The molecule has 0 radical (unpaired) electrons. The van der Waals surface area contributed by atoms with E-state index in [9.17, 15) is 0 Å². The average Bonchev–Trinajstić information content (AvgIpc) is 1.72. The van der Waals surface area contributed by atoms with Crippen molar-refractivity contribution in [3.8, 4) is 0 Å². The third-order valence-electron chi connectivity index (χ3n) is 0.577. The van der Waals surface area contributed by atoms with Gasteiger partial charge in [-0.25, -0.2) is 5.43 Å². The van der Waals surface area contributed by atoms with Gasteiger partial charge >= 0.3 is 0 Å². The Balaban J connectivity index is 0.000000360. The molecule has 0 fully saturated rings. The van der Waals surface area contributed by atoms with Gasteiger partial charge in [-0.15, -0.1) is 12.4 Å². The van der Waals surface area contributed by atoms with E-state index in [1.165, 1.54) is 0 Å². The zero-order chi connectivity index (χ0) is 4.24. The standard InChI is InChI=1S/C3H7N3.ClH/c1-2-5-6-3-4-1;/h1-2,4-6H,3H2;1H. The van der Waals surface area contributed by atoms with Crippen LogP contribution in [0.25, 0.3) is 0 Å². The molecular weight excluding hydrogens is 114 g/mol. The fraction of sp³-hybridized carbons (Fsp3) is 0.333. The number of rotatable bonds is 0. The van der Waals surface area contributed by atoms with Crippen LogP contribution in [0.4, 0.5) is 0 Å². The molecule has 3 nitrogen and oxygen atoms in total. The monoisotopic (exact) mass is 121 g/mol. The van der Waals surface area contributed by atoms with Gasteiger partial charge in [0.2, 0.25) is 0 Å². The van der Waals surface area contributed by atoms with Crippen molar-refractivity contribution in [1.82, 2.24) is 16.2 Å². The lowest BCUT2D eigenvalue weighted by atomic mass is 10.8. The quantitative estimate of drug-likeness (QED) is 0.406. The topological polar surface area (TPSA) is 36.1 Å². The summed E-state index contributed by atoms with van der Waals surface area (Å²) in [4.78, 5) is 0. The molecule has 0 aromatic rings. The average molecular weight is 122 g/mol. The van der Waals surface area contributed by atoms with Crippen LogP contribution >= 0.6 is 12.4 Å². The molecule has 0 amide bonds. The summed E-state index contributed by atoms with van der Waals surface area (Å²) < 4.78 is 0. The summed E-state index contributed by atoms with van der Waals surface area (Å²) >= 11 is 0. The Morgan fingerprint density at radius 1 is 1.29 bits per heavy atom. The third kappa shape index (κ3) is 2.31. The Morgan fingerprint density at radius 3 is 2.29 bits per heavy atom. The minimum absolute atomic E-state index is 0. The van der Waals surface area contributed by atoms with Crippen LogP contribution in [-0.4, -0.2) is 6.67 Å². The number of hydrazine groups is 1. The van der Waals surface area contributed by atoms with E-state index in [0.717, 1.165) is 6.67 Å². The normalized spacial score (nSPS) is 16.0. The Labute approximate surface area is 48.5 Å². The second-order valence-corrected chi connectivity index (χ2v) is 1.04. The fourth-order valence-corrected chi connectivity index (χ4v) is 0.321. The number of halogens is 1. The summed E-state index contributed by atoms with van der Waals surface area (Å²) in [6.07, 6.45) is 3.64. The van der Waals surface area contributed by atoms with E-state index >= 15 is 0 Å². The largest absolute Gasteiger partial charge is 0.376 e. The molecule has 4 heteroatoms. The lowest BCUT2D eigenvalue weighted by molar-refractivity contribution is 0.565. The molecule has 1 heterocycles. The zero-order valence-corrected chi connectivity index (χ0v) is 4.59. The molecule has 1 rings (SSSR count). The smallest absolute Gasteiger partial charge is 0.0822 e.